The zero-order chi connectivity index (χ0) is 19.9. The van der Waals surface area contributed by atoms with Gasteiger partial charge < -0.3 is 14.5 Å². The van der Waals surface area contributed by atoms with Gasteiger partial charge in [-0.3, -0.25) is 9.59 Å². The first-order valence-corrected chi connectivity index (χ1v) is 9.98. The van der Waals surface area contributed by atoms with E-state index < -0.39 is 0 Å². The molecule has 2 aromatic rings. The Balaban J connectivity index is 1.67. The quantitative estimate of drug-likeness (QED) is 0.733. The average Bonchev–Trinajstić information content (AvgIpc) is 2.73. The summed E-state index contributed by atoms with van der Waals surface area (Å²) < 4.78 is 7.12. The van der Waals surface area contributed by atoms with Crippen molar-refractivity contribution in [2.45, 2.75) is 33.2 Å². The van der Waals surface area contributed by atoms with Gasteiger partial charge in [0.2, 0.25) is 0 Å². The lowest BCUT2D eigenvalue weighted by Gasteiger charge is -2.36. The van der Waals surface area contributed by atoms with Gasteiger partial charge in [-0.15, -0.1) is 0 Å². The van der Waals surface area contributed by atoms with Crippen LogP contribution in [0, 0.1) is 0 Å². The van der Waals surface area contributed by atoms with Gasteiger partial charge in [0.25, 0.3) is 11.5 Å². The molecule has 7 nitrogen and oxygen atoms in total. The van der Waals surface area contributed by atoms with Crippen LogP contribution in [0.5, 0.6) is 5.75 Å². The number of rotatable bonds is 7. The predicted molar refractivity (Wildman–Crippen MR) is 109 cm³/mol. The van der Waals surface area contributed by atoms with Gasteiger partial charge in [-0.2, -0.15) is 5.10 Å². The second-order valence-corrected chi connectivity index (χ2v) is 6.81. The highest BCUT2D eigenvalue weighted by Crippen LogP contribution is 2.28. The van der Waals surface area contributed by atoms with Crippen LogP contribution in [0.1, 0.15) is 37.2 Å². The van der Waals surface area contributed by atoms with Crippen molar-refractivity contribution in [3.63, 3.8) is 0 Å². The van der Waals surface area contributed by atoms with Gasteiger partial charge >= 0.3 is 0 Å². The number of ether oxygens (including phenoxy) is 1. The average molecular weight is 384 g/mol. The van der Waals surface area contributed by atoms with E-state index in [2.05, 4.69) is 16.9 Å². The molecule has 0 unspecified atom stereocenters. The molecule has 1 aromatic carbocycles. The van der Waals surface area contributed by atoms with E-state index in [1.54, 1.807) is 4.90 Å². The number of aromatic nitrogens is 2. The Morgan fingerprint density at radius 3 is 2.54 bits per heavy atom. The number of benzene rings is 1. The van der Waals surface area contributed by atoms with Gasteiger partial charge in [0.1, 0.15) is 11.4 Å². The van der Waals surface area contributed by atoms with E-state index in [4.69, 9.17) is 4.74 Å². The number of aryl methyl sites for hydroxylation is 1. The van der Waals surface area contributed by atoms with Crippen LogP contribution in [0.15, 0.2) is 41.2 Å². The fourth-order valence-corrected chi connectivity index (χ4v) is 3.34. The number of hydrogen-bond donors (Lipinski definition) is 0. The first-order valence-electron chi connectivity index (χ1n) is 9.98. The lowest BCUT2D eigenvalue weighted by atomic mass is 10.2. The third-order valence-corrected chi connectivity index (χ3v) is 4.88. The molecule has 0 spiro atoms. The zero-order valence-electron chi connectivity index (χ0n) is 16.6. The number of nitrogens with zero attached hydrogens (tertiary/aromatic N) is 4. The number of carbonyl (C=O) groups is 1. The first kappa shape index (κ1) is 19.9. The van der Waals surface area contributed by atoms with E-state index in [1.165, 1.54) is 16.8 Å². The molecule has 0 atom stereocenters. The Bertz CT molecular complexity index is 857. The van der Waals surface area contributed by atoms with E-state index in [-0.39, 0.29) is 11.5 Å². The second kappa shape index (κ2) is 9.39. The fraction of sp³-hybridized carbons (Fsp3) is 0.476. The largest absolute Gasteiger partial charge is 0.492 e. The Hall–Kier alpha value is -2.83. The van der Waals surface area contributed by atoms with Gasteiger partial charge in [0.15, 0.2) is 0 Å². The maximum absolute atomic E-state index is 12.9. The minimum absolute atomic E-state index is 0.122. The summed E-state index contributed by atoms with van der Waals surface area (Å²) in [6.45, 7) is 7.86. The smallest absolute Gasteiger partial charge is 0.274 e. The second-order valence-electron chi connectivity index (χ2n) is 6.81. The number of piperazine rings is 1. The highest BCUT2D eigenvalue weighted by Gasteiger charge is 2.25. The van der Waals surface area contributed by atoms with Gasteiger partial charge in [-0.25, -0.2) is 4.68 Å². The molecule has 0 aliphatic carbocycles. The molecular weight excluding hydrogens is 356 g/mol. The summed E-state index contributed by atoms with van der Waals surface area (Å²) >= 11 is 0. The summed E-state index contributed by atoms with van der Waals surface area (Å²) in [5.74, 6) is 0.748. The van der Waals surface area contributed by atoms with Crippen LogP contribution >= 0.6 is 0 Å². The standard InChI is InChI=1S/C21H28N4O3/c1-3-5-12-25-20(26)11-10-17(22-25)21(27)24-15-13-23(14-16-24)18-8-6-7-9-19(18)28-4-2/h6-11H,3-5,12-16H2,1-2H3. The molecule has 1 fully saturated rings. The molecule has 1 aliphatic heterocycles. The number of hydrogen-bond acceptors (Lipinski definition) is 5. The summed E-state index contributed by atoms with van der Waals surface area (Å²) in [6, 6.07) is 11.0. The topological polar surface area (TPSA) is 67.7 Å². The van der Waals surface area contributed by atoms with Crippen molar-refractivity contribution in [3.8, 4) is 5.75 Å². The molecule has 1 saturated heterocycles. The Labute approximate surface area is 165 Å². The van der Waals surface area contributed by atoms with Crippen LogP contribution in [0.25, 0.3) is 0 Å². The van der Waals surface area contributed by atoms with Crippen LogP contribution in [0.3, 0.4) is 0 Å². The molecule has 0 N–H and O–H groups in total. The molecule has 0 radical (unpaired) electrons. The maximum Gasteiger partial charge on any atom is 0.274 e. The van der Waals surface area contributed by atoms with Crippen molar-refractivity contribution in [2.75, 3.05) is 37.7 Å². The van der Waals surface area contributed by atoms with E-state index in [0.717, 1.165) is 37.4 Å². The Kier molecular flexibility index (Phi) is 6.68. The van der Waals surface area contributed by atoms with Crippen molar-refractivity contribution < 1.29 is 9.53 Å². The fourth-order valence-electron chi connectivity index (χ4n) is 3.34. The minimum atomic E-state index is -0.164. The number of amides is 1. The summed E-state index contributed by atoms with van der Waals surface area (Å²) in [6.07, 6.45) is 1.83. The van der Waals surface area contributed by atoms with Crippen LogP contribution < -0.4 is 15.2 Å². The van der Waals surface area contributed by atoms with E-state index in [0.29, 0.717) is 31.9 Å². The molecule has 1 aliphatic rings. The first-order chi connectivity index (χ1) is 13.6. The van der Waals surface area contributed by atoms with E-state index in [9.17, 15) is 9.59 Å². The number of unbranched alkanes of at least 4 members (excludes halogenated alkanes) is 1. The van der Waals surface area contributed by atoms with Crippen LogP contribution in [0.4, 0.5) is 5.69 Å². The van der Waals surface area contributed by atoms with Gasteiger partial charge in [-0.1, -0.05) is 25.5 Å². The lowest BCUT2D eigenvalue weighted by Crippen LogP contribution is -2.49. The molecule has 28 heavy (non-hydrogen) atoms. The molecular formula is C21H28N4O3. The minimum Gasteiger partial charge on any atom is -0.492 e. The van der Waals surface area contributed by atoms with Gasteiger partial charge in [-0.05, 0) is 31.5 Å². The molecule has 0 saturated carbocycles. The van der Waals surface area contributed by atoms with E-state index >= 15 is 0 Å². The maximum atomic E-state index is 12.9. The van der Waals surface area contributed by atoms with Crippen LogP contribution in [-0.2, 0) is 6.54 Å². The third-order valence-electron chi connectivity index (χ3n) is 4.88. The summed E-state index contributed by atoms with van der Waals surface area (Å²) in [4.78, 5) is 28.8. The van der Waals surface area contributed by atoms with E-state index in [1.807, 2.05) is 31.2 Å². The number of anilines is 1. The molecule has 2 heterocycles. The molecule has 1 amide bonds. The summed E-state index contributed by atoms with van der Waals surface area (Å²) in [5.41, 5.74) is 1.23. The van der Waals surface area contributed by atoms with Crippen molar-refractivity contribution in [3.05, 3.63) is 52.4 Å². The number of para-hydroxylation sites is 2. The predicted octanol–water partition coefficient (Wildman–Crippen LogP) is 2.40. The van der Waals surface area contributed by atoms with Crippen molar-refractivity contribution in [2.24, 2.45) is 0 Å². The molecule has 1 aromatic heterocycles. The van der Waals surface area contributed by atoms with Crippen LogP contribution in [-0.4, -0.2) is 53.4 Å². The lowest BCUT2D eigenvalue weighted by molar-refractivity contribution is 0.0737. The Morgan fingerprint density at radius 1 is 1.07 bits per heavy atom. The molecule has 7 heteroatoms. The molecule has 0 bridgehead atoms. The monoisotopic (exact) mass is 384 g/mol. The van der Waals surface area contributed by atoms with Gasteiger partial charge in [0.05, 0.1) is 12.3 Å². The molecule has 3 rings (SSSR count). The normalized spacial score (nSPS) is 14.2. The third kappa shape index (κ3) is 4.52. The molecule has 150 valence electrons. The summed E-state index contributed by atoms with van der Waals surface area (Å²) in [7, 11) is 0. The van der Waals surface area contributed by atoms with Gasteiger partial charge in [0, 0.05) is 38.8 Å². The number of carbonyl (C=O) groups excluding carboxylic acids is 1. The van der Waals surface area contributed by atoms with Crippen molar-refractivity contribution >= 4 is 11.6 Å². The highest BCUT2D eigenvalue weighted by atomic mass is 16.5. The summed E-state index contributed by atoms with van der Waals surface area (Å²) in [5, 5.41) is 4.28. The van der Waals surface area contributed by atoms with Crippen molar-refractivity contribution in [1.29, 1.82) is 0 Å². The zero-order valence-corrected chi connectivity index (χ0v) is 16.6. The SMILES string of the molecule is CCCCn1nc(C(=O)N2CCN(c3ccccc3OCC)CC2)ccc1=O. The van der Waals surface area contributed by atoms with Crippen LogP contribution in [0.2, 0.25) is 0 Å². The van der Waals surface area contributed by atoms with Crippen molar-refractivity contribution in [1.82, 2.24) is 14.7 Å². The Morgan fingerprint density at radius 2 is 1.82 bits per heavy atom. The highest BCUT2D eigenvalue weighted by molar-refractivity contribution is 5.92.